The van der Waals surface area contributed by atoms with Crippen molar-refractivity contribution in [3.05, 3.63) is 81.7 Å². The number of pyridine rings is 1. The highest BCUT2D eigenvalue weighted by molar-refractivity contribution is 5.89. The summed E-state index contributed by atoms with van der Waals surface area (Å²) in [4.78, 5) is 20.3. The van der Waals surface area contributed by atoms with Crippen LogP contribution in [0.2, 0.25) is 0 Å². The normalized spacial score (nSPS) is 16.5. The number of nitrogens with zero attached hydrogens (tertiary/aromatic N) is 4. The number of halogens is 6. The average molecular weight is 452 g/mol. The number of aromatic nitrogens is 3. The van der Waals surface area contributed by atoms with Gasteiger partial charge in [-0.1, -0.05) is 12.1 Å². The first-order valence-corrected chi connectivity index (χ1v) is 9.33. The van der Waals surface area contributed by atoms with Crippen LogP contribution in [-0.4, -0.2) is 20.4 Å². The van der Waals surface area contributed by atoms with E-state index in [4.69, 9.17) is 0 Å². The summed E-state index contributed by atoms with van der Waals surface area (Å²) in [6.45, 7) is 1.66. The smallest absolute Gasteiger partial charge is 0.267 e. The second-order valence-corrected chi connectivity index (χ2v) is 7.26. The maximum absolute atomic E-state index is 12.8. The molecule has 0 N–H and O–H groups in total. The molecule has 1 aliphatic rings. The van der Waals surface area contributed by atoms with Crippen molar-refractivity contribution in [2.24, 2.45) is 5.10 Å². The van der Waals surface area contributed by atoms with E-state index in [2.05, 4.69) is 15.1 Å². The molecule has 0 saturated carbocycles. The standard InChI is InChI=1S/C21H14F6N4O/c1-11-15(12-2-5-14(6-3-12)20(22,23)24)8-18-29-16(9-19(32)31(18)30-11)13-4-7-17(28-10-13)21(25,26)27/h2-7,9-10,15H,8H2,1H3. The predicted molar refractivity (Wildman–Crippen MR) is 103 cm³/mol. The number of benzene rings is 1. The van der Waals surface area contributed by atoms with E-state index in [0.717, 1.165) is 35.1 Å². The van der Waals surface area contributed by atoms with Crippen LogP contribution in [0, 0.1) is 0 Å². The molecule has 32 heavy (non-hydrogen) atoms. The third kappa shape index (κ3) is 4.14. The first kappa shape index (κ1) is 21.7. The van der Waals surface area contributed by atoms with Crippen molar-refractivity contribution >= 4 is 5.71 Å². The Balaban J connectivity index is 1.68. The average Bonchev–Trinajstić information content (AvgIpc) is 2.73. The Hall–Kier alpha value is -3.50. The molecule has 0 fully saturated rings. The molecule has 0 spiro atoms. The molecule has 1 aromatic carbocycles. The highest BCUT2D eigenvalue weighted by Gasteiger charge is 2.33. The Bertz CT molecular complexity index is 1240. The lowest BCUT2D eigenvalue weighted by atomic mass is 9.90. The van der Waals surface area contributed by atoms with Crippen molar-refractivity contribution in [3.63, 3.8) is 0 Å². The van der Waals surface area contributed by atoms with Gasteiger partial charge in [-0.3, -0.25) is 9.78 Å². The molecule has 0 radical (unpaired) electrons. The second kappa shape index (κ2) is 7.57. The first-order chi connectivity index (χ1) is 14.9. The summed E-state index contributed by atoms with van der Waals surface area (Å²) < 4.78 is 77.8. The van der Waals surface area contributed by atoms with E-state index in [0.29, 0.717) is 11.3 Å². The van der Waals surface area contributed by atoms with Gasteiger partial charge in [0.15, 0.2) is 0 Å². The Labute approximate surface area is 177 Å². The highest BCUT2D eigenvalue weighted by Crippen LogP contribution is 2.32. The lowest BCUT2D eigenvalue weighted by molar-refractivity contribution is -0.141. The zero-order chi connectivity index (χ0) is 23.3. The fraction of sp³-hybridized carbons (Fsp3) is 0.238. The van der Waals surface area contributed by atoms with Crippen molar-refractivity contribution in [1.29, 1.82) is 0 Å². The molecule has 166 valence electrons. The molecule has 4 rings (SSSR count). The van der Waals surface area contributed by atoms with Crippen LogP contribution in [0.4, 0.5) is 26.3 Å². The first-order valence-electron chi connectivity index (χ1n) is 9.33. The van der Waals surface area contributed by atoms with E-state index in [1.165, 1.54) is 18.2 Å². The molecule has 1 unspecified atom stereocenters. The molecule has 0 amide bonds. The molecular weight excluding hydrogens is 438 g/mol. The fourth-order valence-electron chi connectivity index (χ4n) is 3.45. The number of fused-ring (bicyclic) bond motifs is 1. The lowest BCUT2D eigenvalue weighted by Gasteiger charge is -2.24. The van der Waals surface area contributed by atoms with Crippen molar-refractivity contribution in [2.75, 3.05) is 0 Å². The molecule has 11 heteroatoms. The topological polar surface area (TPSA) is 60.1 Å². The predicted octanol–water partition coefficient (Wildman–Crippen LogP) is 4.91. The molecular formula is C21H14F6N4O. The third-order valence-corrected chi connectivity index (χ3v) is 5.10. The van der Waals surface area contributed by atoms with Crippen molar-refractivity contribution < 1.29 is 26.3 Å². The van der Waals surface area contributed by atoms with E-state index in [9.17, 15) is 31.1 Å². The monoisotopic (exact) mass is 452 g/mol. The van der Waals surface area contributed by atoms with E-state index in [1.807, 2.05) is 0 Å². The summed E-state index contributed by atoms with van der Waals surface area (Å²) in [5.41, 5.74) is -0.946. The summed E-state index contributed by atoms with van der Waals surface area (Å²) in [7, 11) is 0. The summed E-state index contributed by atoms with van der Waals surface area (Å²) in [6, 6.07) is 7.75. The highest BCUT2D eigenvalue weighted by atomic mass is 19.4. The van der Waals surface area contributed by atoms with Crippen LogP contribution in [0.5, 0.6) is 0 Å². The van der Waals surface area contributed by atoms with E-state index >= 15 is 0 Å². The van der Waals surface area contributed by atoms with Crippen molar-refractivity contribution in [2.45, 2.75) is 31.6 Å². The van der Waals surface area contributed by atoms with Gasteiger partial charge in [0.1, 0.15) is 11.5 Å². The van der Waals surface area contributed by atoms with Crippen LogP contribution in [0.3, 0.4) is 0 Å². The number of hydrogen-bond donors (Lipinski definition) is 0. The van der Waals surface area contributed by atoms with Crippen molar-refractivity contribution in [1.82, 2.24) is 14.6 Å². The third-order valence-electron chi connectivity index (χ3n) is 5.10. The molecule has 3 aromatic rings. The minimum absolute atomic E-state index is 0.128. The summed E-state index contributed by atoms with van der Waals surface area (Å²) in [5, 5.41) is 4.23. The quantitative estimate of drug-likeness (QED) is 0.520. The van der Waals surface area contributed by atoms with Crippen LogP contribution < -0.4 is 5.56 Å². The maximum atomic E-state index is 12.8. The molecule has 0 saturated heterocycles. The van der Waals surface area contributed by atoms with Gasteiger partial charge in [0.25, 0.3) is 5.56 Å². The van der Waals surface area contributed by atoms with Crippen LogP contribution in [0.15, 0.2) is 58.6 Å². The van der Waals surface area contributed by atoms with Gasteiger partial charge in [0.05, 0.1) is 11.3 Å². The molecule has 5 nitrogen and oxygen atoms in total. The van der Waals surface area contributed by atoms with Crippen LogP contribution >= 0.6 is 0 Å². The van der Waals surface area contributed by atoms with Crippen LogP contribution in [-0.2, 0) is 18.8 Å². The van der Waals surface area contributed by atoms with E-state index in [-0.39, 0.29) is 23.5 Å². The van der Waals surface area contributed by atoms with Gasteiger partial charge in [0.2, 0.25) is 0 Å². The van der Waals surface area contributed by atoms with Gasteiger partial charge >= 0.3 is 12.4 Å². The maximum Gasteiger partial charge on any atom is 0.433 e. The number of alkyl halides is 6. The largest absolute Gasteiger partial charge is 0.433 e. The molecule has 1 aliphatic heterocycles. The number of hydrogen-bond acceptors (Lipinski definition) is 4. The SMILES string of the molecule is CC1=Nn2c(nc(-c3ccc(C(F)(F)F)nc3)cc2=O)CC1c1ccc(C(F)(F)F)cc1. The lowest BCUT2D eigenvalue weighted by Crippen LogP contribution is -2.30. The number of rotatable bonds is 2. The van der Waals surface area contributed by atoms with Crippen LogP contribution in [0.25, 0.3) is 11.3 Å². The molecule has 2 aromatic heterocycles. The van der Waals surface area contributed by atoms with Gasteiger partial charge in [0, 0.05) is 35.9 Å². The molecule has 1 atom stereocenters. The summed E-state index contributed by atoms with van der Waals surface area (Å²) in [5.74, 6) is -0.173. The van der Waals surface area contributed by atoms with Gasteiger partial charge in [-0.25, -0.2) is 4.98 Å². The Morgan fingerprint density at radius 2 is 1.66 bits per heavy atom. The zero-order valence-electron chi connectivity index (χ0n) is 16.4. The fourth-order valence-corrected chi connectivity index (χ4v) is 3.45. The Morgan fingerprint density at radius 1 is 0.969 bits per heavy atom. The van der Waals surface area contributed by atoms with E-state index < -0.39 is 35.1 Å². The Morgan fingerprint density at radius 3 is 2.22 bits per heavy atom. The Kier molecular flexibility index (Phi) is 5.14. The summed E-state index contributed by atoms with van der Waals surface area (Å²) >= 11 is 0. The summed E-state index contributed by atoms with van der Waals surface area (Å²) in [6.07, 6.45) is -7.90. The van der Waals surface area contributed by atoms with Gasteiger partial charge in [-0.05, 0) is 36.8 Å². The molecule has 0 bridgehead atoms. The molecule has 3 heterocycles. The minimum atomic E-state index is -4.59. The van der Waals surface area contributed by atoms with E-state index in [1.54, 1.807) is 6.92 Å². The minimum Gasteiger partial charge on any atom is -0.267 e. The second-order valence-electron chi connectivity index (χ2n) is 7.26. The van der Waals surface area contributed by atoms with Gasteiger partial charge in [-0.2, -0.15) is 36.1 Å². The van der Waals surface area contributed by atoms with Gasteiger partial charge in [-0.15, -0.1) is 0 Å². The van der Waals surface area contributed by atoms with Gasteiger partial charge < -0.3 is 0 Å². The van der Waals surface area contributed by atoms with Crippen molar-refractivity contribution in [3.8, 4) is 11.3 Å². The molecule has 0 aliphatic carbocycles. The zero-order valence-corrected chi connectivity index (χ0v) is 16.4. The van der Waals surface area contributed by atoms with Crippen LogP contribution in [0.1, 0.15) is 35.5 Å².